The Bertz CT molecular complexity index is 1270. The molecule has 0 atom stereocenters. The minimum absolute atomic E-state index is 0.423. The van der Waals surface area contributed by atoms with Crippen molar-refractivity contribution < 1.29 is 9.53 Å². The Morgan fingerprint density at radius 3 is 1.71 bits per heavy atom. The van der Waals surface area contributed by atoms with Gasteiger partial charge in [0.2, 0.25) is 0 Å². The maximum Gasteiger partial charge on any atom is 0.344 e. The summed E-state index contributed by atoms with van der Waals surface area (Å²) in [5.74, 6) is 0.0579. The normalized spacial score (nSPS) is 10.4. The molecule has 0 amide bonds. The predicted octanol–water partition coefficient (Wildman–Crippen LogP) is 7.64. The average molecular weight is 533 g/mol. The van der Waals surface area contributed by atoms with Crippen LogP contribution in [0.1, 0.15) is 15.9 Å². The number of hydrogen-bond acceptors (Lipinski definition) is 3. The molecule has 0 N–H and O–H groups in total. The average Bonchev–Trinajstić information content (AvgIpc) is 2.81. The number of carbonyl (C=O) groups excluding carboxylic acids is 1. The van der Waals surface area contributed by atoms with Gasteiger partial charge in [0.15, 0.2) is 0 Å². The van der Waals surface area contributed by atoms with Crippen molar-refractivity contribution in [3.63, 3.8) is 0 Å². The molecule has 0 aromatic heterocycles. The van der Waals surface area contributed by atoms with Crippen LogP contribution in [0.15, 0.2) is 99.9 Å². The lowest BCUT2D eigenvalue weighted by molar-refractivity contribution is 0.0733. The van der Waals surface area contributed by atoms with E-state index in [1.807, 2.05) is 54.6 Å². The van der Waals surface area contributed by atoms with Gasteiger partial charge < -0.3 is 4.74 Å². The van der Waals surface area contributed by atoms with Crippen molar-refractivity contribution in [2.75, 3.05) is 0 Å². The van der Waals surface area contributed by atoms with Gasteiger partial charge in [-0.2, -0.15) is 5.26 Å². The van der Waals surface area contributed by atoms with E-state index >= 15 is 0 Å². The molecular formula is C26H15Br2NO2. The molecule has 0 aliphatic rings. The molecule has 0 spiro atoms. The van der Waals surface area contributed by atoms with Gasteiger partial charge in [0, 0.05) is 8.95 Å². The van der Waals surface area contributed by atoms with E-state index in [4.69, 9.17) is 10.00 Å². The number of rotatable bonds is 4. The monoisotopic (exact) mass is 531 g/mol. The van der Waals surface area contributed by atoms with Crippen molar-refractivity contribution in [2.24, 2.45) is 0 Å². The quantitative estimate of drug-likeness (QED) is 0.200. The van der Waals surface area contributed by atoms with Crippen LogP contribution in [0.2, 0.25) is 0 Å². The number of nitrogens with zero attached hydrogens (tertiary/aromatic N) is 1. The predicted molar refractivity (Wildman–Crippen MR) is 129 cm³/mol. The highest BCUT2D eigenvalue weighted by Crippen LogP contribution is 2.28. The first-order valence-corrected chi connectivity index (χ1v) is 11.0. The molecule has 0 saturated carbocycles. The first-order valence-electron chi connectivity index (χ1n) is 9.42. The second-order valence-electron chi connectivity index (χ2n) is 6.80. The lowest BCUT2D eigenvalue weighted by Gasteiger charge is -2.08. The zero-order valence-corrected chi connectivity index (χ0v) is 19.4. The Labute approximate surface area is 197 Å². The molecule has 150 valence electrons. The van der Waals surface area contributed by atoms with Crippen molar-refractivity contribution in [2.45, 2.75) is 0 Å². The van der Waals surface area contributed by atoms with Crippen LogP contribution < -0.4 is 4.74 Å². The highest BCUT2D eigenvalue weighted by molar-refractivity contribution is 9.11. The number of esters is 1. The van der Waals surface area contributed by atoms with Gasteiger partial charge in [-0.25, -0.2) is 4.79 Å². The number of hydrogen-bond donors (Lipinski definition) is 0. The fourth-order valence-electron chi connectivity index (χ4n) is 3.12. The van der Waals surface area contributed by atoms with Crippen LogP contribution in [0, 0.1) is 11.3 Å². The molecule has 0 fully saturated rings. The SMILES string of the molecule is N#Cc1ccc(-c2ccc(-c3ccc(OC(=O)c4cc(Br)ccc4Br)cc3)cc2)cc1. The molecule has 0 unspecified atom stereocenters. The Kier molecular flexibility index (Phi) is 6.31. The van der Waals surface area contributed by atoms with E-state index in [-0.39, 0.29) is 0 Å². The number of ether oxygens (including phenoxy) is 1. The van der Waals surface area contributed by atoms with Crippen molar-refractivity contribution in [1.82, 2.24) is 0 Å². The molecule has 4 aromatic carbocycles. The van der Waals surface area contributed by atoms with Crippen LogP contribution in [-0.2, 0) is 0 Å². The molecule has 0 radical (unpaired) electrons. The summed E-state index contributed by atoms with van der Waals surface area (Å²) in [6, 6.07) is 30.6. The smallest absolute Gasteiger partial charge is 0.344 e. The molecule has 0 aliphatic heterocycles. The molecule has 4 rings (SSSR count). The second-order valence-corrected chi connectivity index (χ2v) is 8.57. The van der Waals surface area contributed by atoms with Crippen LogP contribution in [0.4, 0.5) is 0 Å². The van der Waals surface area contributed by atoms with E-state index in [0.29, 0.717) is 21.3 Å². The highest BCUT2D eigenvalue weighted by Gasteiger charge is 2.13. The maximum atomic E-state index is 12.5. The third kappa shape index (κ3) is 4.93. The van der Waals surface area contributed by atoms with E-state index in [0.717, 1.165) is 26.7 Å². The number of carbonyl (C=O) groups is 1. The minimum atomic E-state index is -0.423. The van der Waals surface area contributed by atoms with Crippen molar-refractivity contribution in [3.8, 4) is 34.1 Å². The fraction of sp³-hybridized carbons (Fsp3) is 0. The highest BCUT2D eigenvalue weighted by atomic mass is 79.9. The number of benzene rings is 4. The maximum absolute atomic E-state index is 12.5. The molecular weight excluding hydrogens is 518 g/mol. The lowest BCUT2D eigenvalue weighted by Crippen LogP contribution is -2.09. The molecule has 0 heterocycles. The summed E-state index contributed by atoms with van der Waals surface area (Å²) in [7, 11) is 0. The summed E-state index contributed by atoms with van der Waals surface area (Å²) in [6.07, 6.45) is 0. The molecule has 3 nitrogen and oxygen atoms in total. The largest absolute Gasteiger partial charge is 0.423 e. The van der Waals surface area contributed by atoms with Gasteiger partial charge in [-0.1, -0.05) is 64.5 Å². The van der Waals surface area contributed by atoms with E-state index in [1.54, 1.807) is 24.3 Å². The Morgan fingerprint density at radius 2 is 1.19 bits per heavy atom. The zero-order valence-electron chi connectivity index (χ0n) is 16.2. The van der Waals surface area contributed by atoms with Crippen LogP contribution >= 0.6 is 31.9 Å². The number of nitriles is 1. The number of halogens is 2. The zero-order chi connectivity index (χ0) is 21.8. The van der Waals surface area contributed by atoms with Crippen molar-refractivity contribution >= 4 is 37.8 Å². The van der Waals surface area contributed by atoms with Gasteiger partial charge in [-0.05, 0) is 80.6 Å². The lowest BCUT2D eigenvalue weighted by atomic mass is 10.00. The van der Waals surface area contributed by atoms with Gasteiger partial charge in [-0.3, -0.25) is 0 Å². The molecule has 4 aromatic rings. The van der Waals surface area contributed by atoms with E-state index < -0.39 is 5.97 Å². The van der Waals surface area contributed by atoms with Crippen molar-refractivity contribution in [3.05, 3.63) is 111 Å². The van der Waals surface area contributed by atoms with Crippen molar-refractivity contribution in [1.29, 1.82) is 5.26 Å². The third-order valence-electron chi connectivity index (χ3n) is 4.78. The van der Waals surface area contributed by atoms with E-state index in [9.17, 15) is 4.79 Å². The molecule has 5 heteroatoms. The summed E-state index contributed by atoms with van der Waals surface area (Å²) >= 11 is 6.75. The minimum Gasteiger partial charge on any atom is -0.423 e. The van der Waals surface area contributed by atoms with Crippen LogP contribution in [0.5, 0.6) is 5.75 Å². The van der Waals surface area contributed by atoms with Crippen LogP contribution in [0.3, 0.4) is 0 Å². The molecule has 0 saturated heterocycles. The Balaban J connectivity index is 1.48. The fourth-order valence-corrected chi connectivity index (χ4v) is 3.89. The first kappa shape index (κ1) is 21.0. The van der Waals surface area contributed by atoms with Gasteiger partial charge in [0.05, 0.1) is 17.2 Å². The van der Waals surface area contributed by atoms with Crippen LogP contribution in [0.25, 0.3) is 22.3 Å². The van der Waals surface area contributed by atoms with E-state index in [2.05, 4.69) is 50.1 Å². The third-order valence-corrected chi connectivity index (χ3v) is 5.96. The van der Waals surface area contributed by atoms with Gasteiger partial charge >= 0.3 is 5.97 Å². The molecule has 31 heavy (non-hydrogen) atoms. The second kappa shape index (κ2) is 9.30. The first-order chi connectivity index (χ1) is 15.0. The van der Waals surface area contributed by atoms with Gasteiger partial charge in [0.25, 0.3) is 0 Å². The molecule has 0 aliphatic carbocycles. The van der Waals surface area contributed by atoms with Gasteiger partial charge in [0.1, 0.15) is 5.75 Å². The summed E-state index contributed by atoms with van der Waals surface area (Å²) in [4.78, 5) is 12.5. The summed E-state index contributed by atoms with van der Waals surface area (Å²) in [5, 5.41) is 8.93. The van der Waals surface area contributed by atoms with E-state index in [1.165, 1.54) is 0 Å². The summed E-state index contributed by atoms with van der Waals surface area (Å²) in [6.45, 7) is 0. The standard InChI is InChI=1S/C26H15Br2NO2/c27-22-11-14-25(28)24(15-22)26(30)31-23-12-9-21(10-13-23)20-7-5-19(6-8-20)18-3-1-17(16-29)2-4-18/h1-15H. The summed E-state index contributed by atoms with van der Waals surface area (Å²) in [5.41, 5.74) is 5.33. The Hall–Kier alpha value is -3.20. The Morgan fingerprint density at radius 1 is 0.710 bits per heavy atom. The summed E-state index contributed by atoms with van der Waals surface area (Å²) < 4.78 is 7.00. The van der Waals surface area contributed by atoms with Gasteiger partial charge in [-0.15, -0.1) is 0 Å². The molecule has 0 bridgehead atoms. The topological polar surface area (TPSA) is 50.1 Å². The van der Waals surface area contributed by atoms with Crippen LogP contribution in [-0.4, -0.2) is 5.97 Å².